The average Bonchev–Trinajstić information content (AvgIpc) is 3.27. The third-order valence-electron chi connectivity index (χ3n) is 3.93. The maximum Gasteiger partial charge on any atom is 0.240 e. The molecule has 0 saturated heterocycles. The third kappa shape index (κ3) is 3.41. The maximum atomic E-state index is 12.3. The molecule has 0 aliphatic rings. The Morgan fingerprint density at radius 1 is 1.04 bits per heavy atom. The minimum atomic E-state index is -3.57. The van der Waals surface area contributed by atoms with E-state index in [2.05, 4.69) is 9.71 Å². The van der Waals surface area contributed by atoms with Crippen LogP contribution in [0.15, 0.2) is 70.0 Å². The van der Waals surface area contributed by atoms with Crippen LogP contribution >= 0.6 is 11.3 Å². The van der Waals surface area contributed by atoms with Crippen LogP contribution in [0.5, 0.6) is 0 Å². The van der Waals surface area contributed by atoms with Crippen molar-refractivity contribution in [3.8, 4) is 10.8 Å². The van der Waals surface area contributed by atoms with Crippen molar-refractivity contribution in [1.82, 2.24) is 9.71 Å². The number of sulfonamides is 1. The third-order valence-corrected chi connectivity index (χ3v) is 6.40. The van der Waals surface area contributed by atoms with Gasteiger partial charge in [0.15, 0.2) is 10.8 Å². The van der Waals surface area contributed by atoms with Gasteiger partial charge in [-0.3, -0.25) is 0 Å². The molecule has 2 aromatic heterocycles. The number of benzene rings is 2. The largest absolute Gasteiger partial charge is 0.457 e. The van der Waals surface area contributed by atoms with Crippen LogP contribution in [0.25, 0.3) is 21.0 Å². The van der Waals surface area contributed by atoms with E-state index < -0.39 is 10.0 Å². The normalized spacial score (nSPS) is 11.9. The molecule has 0 amide bonds. The van der Waals surface area contributed by atoms with Gasteiger partial charge >= 0.3 is 0 Å². The lowest BCUT2D eigenvalue weighted by Crippen LogP contribution is -2.22. The summed E-state index contributed by atoms with van der Waals surface area (Å²) in [6, 6.07) is 18.2. The summed E-state index contributed by atoms with van der Waals surface area (Å²) in [5.74, 6) is 1.17. The Bertz CT molecular complexity index is 1130. The van der Waals surface area contributed by atoms with Gasteiger partial charge in [0, 0.05) is 0 Å². The second-order valence-electron chi connectivity index (χ2n) is 5.89. The van der Waals surface area contributed by atoms with Crippen molar-refractivity contribution in [2.75, 3.05) is 0 Å². The monoisotopic (exact) mass is 384 g/mol. The number of aryl methyl sites for hydroxylation is 1. The minimum Gasteiger partial charge on any atom is -0.457 e. The molecule has 2 aromatic carbocycles. The number of hydrogen-bond acceptors (Lipinski definition) is 5. The fourth-order valence-electron chi connectivity index (χ4n) is 2.53. The highest BCUT2D eigenvalue weighted by atomic mass is 32.2. The molecule has 0 spiro atoms. The van der Waals surface area contributed by atoms with E-state index in [0.717, 1.165) is 20.8 Å². The van der Waals surface area contributed by atoms with E-state index >= 15 is 0 Å². The van der Waals surface area contributed by atoms with Crippen LogP contribution in [0, 0.1) is 6.92 Å². The van der Waals surface area contributed by atoms with Crippen LogP contribution in [0.2, 0.25) is 0 Å². The van der Waals surface area contributed by atoms with Crippen LogP contribution in [-0.4, -0.2) is 13.4 Å². The molecule has 7 heteroatoms. The molecule has 4 aromatic rings. The van der Waals surface area contributed by atoms with Gasteiger partial charge in [-0.05, 0) is 43.3 Å². The van der Waals surface area contributed by atoms with Crippen molar-refractivity contribution in [1.29, 1.82) is 0 Å². The molecule has 5 nitrogen and oxygen atoms in total. The van der Waals surface area contributed by atoms with Gasteiger partial charge in [-0.25, -0.2) is 18.1 Å². The van der Waals surface area contributed by atoms with Crippen molar-refractivity contribution in [2.24, 2.45) is 0 Å². The summed E-state index contributed by atoms with van der Waals surface area (Å²) in [7, 11) is -3.57. The zero-order valence-electron chi connectivity index (χ0n) is 14.0. The van der Waals surface area contributed by atoms with E-state index in [1.165, 1.54) is 0 Å². The van der Waals surface area contributed by atoms with Crippen LogP contribution in [0.3, 0.4) is 0 Å². The number of hydrogen-bond donors (Lipinski definition) is 1. The van der Waals surface area contributed by atoms with Gasteiger partial charge in [0.1, 0.15) is 5.76 Å². The molecule has 4 rings (SSSR count). The molecule has 0 fully saturated rings. The van der Waals surface area contributed by atoms with Crippen LogP contribution in [0.1, 0.15) is 11.3 Å². The first kappa shape index (κ1) is 17.0. The van der Waals surface area contributed by atoms with Crippen molar-refractivity contribution in [3.05, 3.63) is 72.0 Å². The lowest BCUT2D eigenvalue weighted by Gasteiger charge is -2.05. The van der Waals surface area contributed by atoms with E-state index in [1.807, 2.05) is 37.3 Å². The van der Waals surface area contributed by atoms with Crippen molar-refractivity contribution in [3.63, 3.8) is 0 Å². The summed E-state index contributed by atoms with van der Waals surface area (Å²) in [5.41, 5.74) is 1.93. The molecule has 2 heterocycles. The lowest BCUT2D eigenvalue weighted by molar-refractivity contribution is 0.509. The Labute approximate surface area is 155 Å². The van der Waals surface area contributed by atoms with Crippen LogP contribution in [-0.2, 0) is 16.6 Å². The van der Waals surface area contributed by atoms with E-state index in [0.29, 0.717) is 11.5 Å². The van der Waals surface area contributed by atoms with E-state index in [1.54, 1.807) is 41.7 Å². The molecule has 0 aliphatic carbocycles. The molecule has 0 radical (unpaired) electrons. The number of aromatic nitrogens is 1. The second-order valence-corrected chi connectivity index (χ2v) is 8.69. The number of nitrogens with one attached hydrogen (secondary N) is 1. The summed E-state index contributed by atoms with van der Waals surface area (Å²) in [6.07, 6.45) is 0. The number of para-hydroxylation sites is 1. The van der Waals surface area contributed by atoms with Crippen LogP contribution < -0.4 is 4.72 Å². The average molecular weight is 384 g/mol. The molecular formula is C19H16N2O3S2. The molecule has 0 bridgehead atoms. The molecule has 0 atom stereocenters. The molecule has 0 saturated carbocycles. The zero-order chi connectivity index (χ0) is 18.1. The van der Waals surface area contributed by atoms with Crippen molar-refractivity contribution in [2.45, 2.75) is 18.4 Å². The molecule has 0 unspecified atom stereocenters. The standard InChI is InChI=1S/C19H16N2O3S2/c1-13-6-9-15(10-7-13)26(22,23)20-12-14-8-11-17(24-14)19-21-16-4-2-3-5-18(16)25-19/h2-11,20H,12H2,1H3. The molecular weight excluding hydrogens is 368 g/mol. The van der Waals surface area contributed by atoms with Gasteiger partial charge in [-0.2, -0.15) is 0 Å². The van der Waals surface area contributed by atoms with Gasteiger partial charge in [0.05, 0.1) is 21.7 Å². The number of rotatable bonds is 5. The number of thiazole rings is 1. The number of furan rings is 1. The van der Waals surface area contributed by atoms with Gasteiger partial charge in [-0.15, -0.1) is 11.3 Å². The van der Waals surface area contributed by atoms with Crippen LogP contribution in [0.4, 0.5) is 0 Å². The molecule has 1 N–H and O–H groups in total. The lowest BCUT2D eigenvalue weighted by atomic mass is 10.2. The van der Waals surface area contributed by atoms with Gasteiger partial charge in [0.2, 0.25) is 10.0 Å². The predicted molar refractivity (Wildman–Crippen MR) is 103 cm³/mol. The highest BCUT2D eigenvalue weighted by Gasteiger charge is 2.15. The fourth-order valence-corrected chi connectivity index (χ4v) is 4.45. The number of fused-ring (bicyclic) bond motifs is 1. The Kier molecular flexibility index (Phi) is 4.36. The summed E-state index contributed by atoms with van der Waals surface area (Å²) >= 11 is 1.54. The van der Waals surface area contributed by atoms with Gasteiger partial charge in [0.25, 0.3) is 0 Å². The Morgan fingerprint density at radius 2 is 1.81 bits per heavy atom. The van der Waals surface area contributed by atoms with E-state index in [4.69, 9.17) is 4.42 Å². The highest BCUT2D eigenvalue weighted by molar-refractivity contribution is 7.89. The summed E-state index contributed by atoms with van der Waals surface area (Å²) in [4.78, 5) is 4.78. The summed E-state index contributed by atoms with van der Waals surface area (Å²) in [6.45, 7) is 2.00. The molecule has 0 aliphatic heterocycles. The first-order chi connectivity index (χ1) is 12.5. The van der Waals surface area contributed by atoms with Gasteiger partial charge in [-0.1, -0.05) is 29.8 Å². The SMILES string of the molecule is Cc1ccc(S(=O)(=O)NCc2ccc(-c3nc4ccccc4s3)o2)cc1. The van der Waals surface area contributed by atoms with Crippen molar-refractivity contribution < 1.29 is 12.8 Å². The van der Waals surface area contributed by atoms with Crippen molar-refractivity contribution >= 4 is 31.6 Å². The first-order valence-corrected chi connectivity index (χ1v) is 10.3. The topological polar surface area (TPSA) is 72.2 Å². The fraction of sp³-hybridized carbons (Fsp3) is 0.105. The maximum absolute atomic E-state index is 12.3. The van der Waals surface area contributed by atoms with Gasteiger partial charge < -0.3 is 4.42 Å². The quantitative estimate of drug-likeness (QED) is 0.555. The number of nitrogens with zero attached hydrogens (tertiary/aromatic N) is 1. The first-order valence-electron chi connectivity index (χ1n) is 8.02. The summed E-state index contributed by atoms with van der Waals surface area (Å²) < 4.78 is 34.1. The Morgan fingerprint density at radius 3 is 2.58 bits per heavy atom. The zero-order valence-corrected chi connectivity index (χ0v) is 15.6. The summed E-state index contributed by atoms with van der Waals surface area (Å²) in [5, 5.41) is 0.777. The second kappa shape index (κ2) is 6.68. The Balaban J connectivity index is 1.50. The minimum absolute atomic E-state index is 0.0844. The highest BCUT2D eigenvalue weighted by Crippen LogP contribution is 2.31. The van der Waals surface area contributed by atoms with E-state index in [-0.39, 0.29) is 11.4 Å². The van der Waals surface area contributed by atoms with E-state index in [9.17, 15) is 8.42 Å². The molecule has 26 heavy (non-hydrogen) atoms. The molecule has 132 valence electrons. The Hall–Kier alpha value is -2.48. The smallest absolute Gasteiger partial charge is 0.240 e. The predicted octanol–water partition coefficient (Wildman–Crippen LogP) is 4.34.